The molecule has 2 heterocycles. The van der Waals surface area contributed by atoms with Gasteiger partial charge in [-0.1, -0.05) is 45.0 Å². The molecule has 0 saturated carbocycles. The quantitative estimate of drug-likeness (QED) is 0.591. The van der Waals surface area contributed by atoms with E-state index in [1.807, 2.05) is 5.38 Å². The Morgan fingerprint density at radius 2 is 1.93 bits per heavy atom. The molecule has 0 atom stereocenters. The van der Waals surface area contributed by atoms with Gasteiger partial charge in [0.2, 0.25) is 5.91 Å². The molecule has 3 aromatic rings. The van der Waals surface area contributed by atoms with Gasteiger partial charge in [-0.15, -0.1) is 11.3 Å². The maximum absolute atomic E-state index is 13.4. The average molecular weight is 428 g/mol. The van der Waals surface area contributed by atoms with Gasteiger partial charge in [0, 0.05) is 37.4 Å². The van der Waals surface area contributed by atoms with Gasteiger partial charge in [-0.2, -0.15) is 0 Å². The van der Waals surface area contributed by atoms with Gasteiger partial charge in [0.1, 0.15) is 10.7 Å². The summed E-state index contributed by atoms with van der Waals surface area (Å²) in [7, 11) is 1.62. The van der Waals surface area contributed by atoms with E-state index >= 15 is 0 Å². The third-order valence-corrected chi connectivity index (χ3v) is 6.04. The molecule has 0 aliphatic carbocycles. The molecule has 7 heteroatoms. The highest BCUT2D eigenvalue weighted by Gasteiger charge is 2.18. The van der Waals surface area contributed by atoms with Crippen LogP contribution in [0.4, 0.5) is 0 Å². The average Bonchev–Trinajstić information content (AvgIpc) is 3.11. The summed E-state index contributed by atoms with van der Waals surface area (Å²) >= 11 is 1.48. The lowest BCUT2D eigenvalue weighted by Crippen LogP contribution is -2.26. The van der Waals surface area contributed by atoms with Crippen molar-refractivity contribution in [3.63, 3.8) is 0 Å². The van der Waals surface area contributed by atoms with Crippen LogP contribution in [0.15, 0.2) is 34.4 Å². The lowest BCUT2D eigenvalue weighted by molar-refractivity contribution is -0.118. The number of thiophene rings is 1. The van der Waals surface area contributed by atoms with Gasteiger partial charge in [-0.25, -0.2) is 4.98 Å². The molecule has 0 aliphatic heterocycles. The SMILES string of the molecule is COCCc1nc2scc(-c3ccc(C(C)(C)C)cc3)c2c(=O)n1CCCC(N)=O. The highest BCUT2D eigenvalue weighted by Crippen LogP contribution is 2.32. The first-order valence-corrected chi connectivity index (χ1v) is 11.0. The van der Waals surface area contributed by atoms with Gasteiger partial charge >= 0.3 is 0 Å². The number of rotatable bonds is 8. The standard InChI is InChI=1S/C23H29N3O3S/c1-23(2,3)16-9-7-15(8-10-16)17-14-30-21-20(17)22(28)26(12-5-6-18(24)27)19(25-21)11-13-29-4/h7-10,14H,5-6,11-13H2,1-4H3,(H2,24,27). The monoisotopic (exact) mass is 427 g/mol. The summed E-state index contributed by atoms with van der Waals surface area (Å²) in [5, 5.41) is 2.63. The molecule has 0 aliphatic rings. The van der Waals surface area contributed by atoms with Gasteiger partial charge < -0.3 is 10.5 Å². The van der Waals surface area contributed by atoms with Crippen molar-refractivity contribution < 1.29 is 9.53 Å². The first kappa shape index (κ1) is 22.2. The molecule has 160 valence electrons. The Morgan fingerprint density at radius 3 is 2.53 bits per heavy atom. The molecule has 0 bridgehead atoms. The van der Waals surface area contributed by atoms with E-state index in [1.165, 1.54) is 16.9 Å². The summed E-state index contributed by atoms with van der Waals surface area (Å²) < 4.78 is 6.85. The number of fused-ring (bicyclic) bond motifs is 1. The van der Waals surface area contributed by atoms with E-state index in [0.29, 0.717) is 37.2 Å². The number of amides is 1. The van der Waals surface area contributed by atoms with Crippen molar-refractivity contribution in [2.45, 2.75) is 52.0 Å². The molecular formula is C23H29N3O3S. The molecule has 0 saturated heterocycles. The van der Waals surface area contributed by atoms with Crippen molar-refractivity contribution in [3.8, 4) is 11.1 Å². The zero-order valence-electron chi connectivity index (χ0n) is 18.0. The lowest BCUT2D eigenvalue weighted by Gasteiger charge is -2.19. The van der Waals surface area contributed by atoms with Gasteiger partial charge in [0.25, 0.3) is 5.56 Å². The molecule has 0 fully saturated rings. The predicted octanol–water partition coefficient (Wildman–Crippen LogP) is 3.88. The van der Waals surface area contributed by atoms with E-state index in [9.17, 15) is 9.59 Å². The van der Waals surface area contributed by atoms with Crippen LogP contribution in [0.25, 0.3) is 21.3 Å². The fraction of sp³-hybridized carbons (Fsp3) is 0.435. The summed E-state index contributed by atoms with van der Waals surface area (Å²) in [6, 6.07) is 8.37. The Labute approximate surface area is 180 Å². The summed E-state index contributed by atoms with van der Waals surface area (Å²) in [6.07, 6.45) is 1.27. The molecule has 30 heavy (non-hydrogen) atoms. The van der Waals surface area contributed by atoms with Crippen molar-refractivity contribution in [1.82, 2.24) is 9.55 Å². The number of primary amides is 1. The number of ether oxygens (including phenoxy) is 1. The third-order valence-electron chi connectivity index (χ3n) is 5.17. The smallest absolute Gasteiger partial charge is 0.262 e. The van der Waals surface area contributed by atoms with Crippen LogP contribution in [0.1, 0.15) is 45.0 Å². The normalized spacial score (nSPS) is 11.9. The Morgan fingerprint density at radius 1 is 1.23 bits per heavy atom. The van der Waals surface area contributed by atoms with Crippen LogP contribution in [0, 0.1) is 0 Å². The predicted molar refractivity (Wildman–Crippen MR) is 122 cm³/mol. The van der Waals surface area contributed by atoms with E-state index in [-0.39, 0.29) is 23.3 Å². The number of hydrogen-bond donors (Lipinski definition) is 1. The number of aromatic nitrogens is 2. The van der Waals surface area contributed by atoms with Crippen LogP contribution >= 0.6 is 11.3 Å². The second-order valence-electron chi connectivity index (χ2n) is 8.45. The van der Waals surface area contributed by atoms with E-state index in [2.05, 4.69) is 45.0 Å². The second kappa shape index (κ2) is 9.10. The second-order valence-corrected chi connectivity index (χ2v) is 9.31. The molecule has 2 N–H and O–H groups in total. The maximum Gasteiger partial charge on any atom is 0.262 e. The minimum Gasteiger partial charge on any atom is -0.384 e. The highest BCUT2D eigenvalue weighted by molar-refractivity contribution is 7.17. The summed E-state index contributed by atoms with van der Waals surface area (Å²) in [5.41, 5.74) is 8.41. The number of benzene rings is 1. The Kier molecular flexibility index (Phi) is 6.73. The minimum absolute atomic E-state index is 0.0696. The van der Waals surface area contributed by atoms with Crippen molar-refractivity contribution >= 4 is 27.5 Å². The number of carbonyl (C=O) groups is 1. The van der Waals surface area contributed by atoms with Crippen LogP contribution in [0.2, 0.25) is 0 Å². The van der Waals surface area contributed by atoms with Crippen molar-refractivity contribution in [3.05, 3.63) is 51.4 Å². The topological polar surface area (TPSA) is 87.2 Å². The molecule has 1 amide bonds. The van der Waals surface area contributed by atoms with Crippen LogP contribution in [0.3, 0.4) is 0 Å². The number of hydrogen-bond acceptors (Lipinski definition) is 5. The van der Waals surface area contributed by atoms with Crippen LogP contribution in [-0.2, 0) is 27.9 Å². The van der Waals surface area contributed by atoms with E-state index < -0.39 is 0 Å². The fourth-order valence-corrected chi connectivity index (χ4v) is 4.41. The number of nitrogens with zero attached hydrogens (tertiary/aromatic N) is 2. The Balaban J connectivity index is 2.07. The molecule has 2 aromatic heterocycles. The molecule has 0 spiro atoms. The molecule has 1 aromatic carbocycles. The number of methoxy groups -OCH3 is 1. The molecule has 3 rings (SSSR count). The van der Waals surface area contributed by atoms with Crippen molar-refractivity contribution in [2.24, 2.45) is 5.73 Å². The van der Waals surface area contributed by atoms with E-state index in [0.717, 1.165) is 16.0 Å². The minimum atomic E-state index is -0.370. The van der Waals surface area contributed by atoms with Crippen LogP contribution < -0.4 is 11.3 Å². The van der Waals surface area contributed by atoms with Crippen LogP contribution in [-0.4, -0.2) is 29.2 Å². The lowest BCUT2D eigenvalue weighted by atomic mass is 9.86. The van der Waals surface area contributed by atoms with Gasteiger partial charge in [0.05, 0.1) is 12.0 Å². The summed E-state index contributed by atoms with van der Waals surface area (Å²) in [6.45, 7) is 7.41. The third kappa shape index (κ3) is 4.79. The van der Waals surface area contributed by atoms with E-state index in [4.69, 9.17) is 15.5 Å². The highest BCUT2D eigenvalue weighted by atomic mass is 32.1. The zero-order chi connectivity index (χ0) is 21.9. The van der Waals surface area contributed by atoms with Gasteiger partial charge in [-0.3, -0.25) is 14.2 Å². The van der Waals surface area contributed by atoms with Crippen molar-refractivity contribution in [1.29, 1.82) is 0 Å². The van der Waals surface area contributed by atoms with Crippen LogP contribution in [0.5, 0.6) is 0 Å². The molecular weight excluding hydrogens is 398 g/mol. The maximum atomic E-state index is 13.4. The van der Waals surface area contributed by atoms with Gasteiger partial charge in [0.15, 0.2) is 0 Å². The molecule has 0 radical (unpaired) electrons. The first-order valence-electron chi connectivity index (χ1n) is 10.1. The number of nitrogens with two attached hydrogens (primary N) is 1. The van der Waals surface area contributed by atoms with Crippen molar-refractivity contribution in [2.75, 3.05) is 13.7 Å². The Bertz CT molecular complexity index is 1090. The van der Waals surface area contributed by atoms with E-state index in [1.54, 1.807) is 11.7 Å². The zero-order valence-corrected chi connectivity index (χ0v) is 18.8. The first-order chi connectivity index (χ1) is 14.2. The largest absolute Gasteiger partial charge is 0.384 e. The fourth-order valence-electron chi connectivity index (χ4n) is 3.45. The Hall–Kier alpha value is -2.51. The molecule has 0 unspecified atom stereocenters. The number of carbonyl (C=O) groups excluding carboxylic acids is 1. The molecule has 6 nitrogen and oxygen atoms in total. The van der Waals surface area contributed by atoms with Gasteiger partial charge in [-0.05, 0) is 23.0 Å². The summed E-state index contributed by atoms with van der Waals surface area (Å²) in [5.74, 6) is 0.306. The summed E-state index contributed by atoms with van der Waals surface area (Å²) in [4.78, 5) is 30.1.